The summed E-state index contributed by atoms with van der Waals surface area (Å²) in [7, 11) is 0. The number of hydrogen-bond donors (Lipinski definition) is 3. The molecule has 3 aliphatic carbocycles. The summed E-state index contributed by atoms with van der Waals surface area (Å²) >= 11 is 0. The zero-order valence-electron chi connectivity index (χ0n) is 35.6. The number of rotatable bonds is 13. The van der Waals surface area contributed by atoms with Gasteiger partial charge in [0.2, 0.25) is 0 Å². The molecule has 0 spiro atoms. The minimum atomic E-state index is -1.53. The number of hydrogen-bond acceptors (Lipinski definition) is 9. The quantitative estimate of drug-likeness (QED) is 0.169. The fraction of sp³-hybridized carbons (Fsp3) is 0.674. The molecule has 4 rings (SSSR count). The lowest BCUT2D eigenvalue weighted by atomic mass is 9.53. The number of ether oxygens (including phenoxy) is 3. The molecule has 6 atom stereocenters. The van der Waals surface area contributed by atoms with Gasteiger partial charge < -0.3 is 29.5 Å². The van der Waals surface area contributed by atoms with E-state index in [1.54, 1.807) is 36.4 Å². The van der Waals surface area contributed by atoms with Gasteiger partial charge in [0.1, 0.15) is 39.7 Å². The summed E-state index contributed by atoms with van der Waals surface area (Å²) < 4.78 is 20.4. The van der Waals surface area contributed by atoms with E-state index in [1.807, 2.05) is 62.3 Å². The van der Waals surface area contributed by atoms with Crippen molar-refractivity contribution in [2.45, 2.75) is 169 Å². The zero-order valence-corrected chi connectivity index (χ0v) is 35.6. The molecule has 306 valence electrons. The van der Waals surface area contributed by atoms with Crippen LogP contribution < -0.4 is 14.2 Å². The third-order valence-electron chi connectivity index (χ3n) is 13.8. The van der Waals surface area contributed by atoms with Gasteiger partial charge in [-0.25, -0.2) is 0 Å². The summed E-state index contributed by atoms with van der Waals surface area (Å²) in [5, 5.41) is 37.3. The van der Waals surface area contributed by atoms with Crippen LogP contribution in [0.5, 0.6) is 17.2 Å². The summed E-state index contributed by atoms with van der Waals surface area (Å²) in [6.45, 7) is 22.1. The Kier molecular flexibility index (Phi) is 12.3. The average molecular weight is 765 g/mol. The second-order valence-corrected chi connectivity index (χ2v) is 19.5. The van der Waals surface area contributed by atoms with Gasteiger partial charge in [-0.15, -0.1) is 0 Å². The van der Waals surface area contributed by atoms with Crippen LogP contribution in [0.4, 0.5) is 0 Å². The maximum absolute atomic E-state index is 12.4. The van der Waals surface area contributed by atoms with Gasteiger partial charge in [0.05, 0.1) is 12.2 Å². The number of benzene rings is 1. The Balaban J connectivity index is 1.85. The molecule has 6 unspecified atom stereocenters. The van der Waals surface area contributed by atoms with Gasteiger partial charge in [-0.2, -0.15) is 0 Å². The van der Waals surface area contributed by atoms with Crippen LogP contribution >= 0.6 is 0 Å². The van der Waals surface area contributed by atoms with Crippen molar-refractivity contribution in [1.82, 2.24) is 0 Å². The molecule has 0 bridgehead atoms. The molecular weight excluding hydrogens is 696 g/mol. The van der Waals surface area contributed by atoms with Crippen molar-refractivity contribution in [1.29, 1.82) is 0 Å². The molecule has 9 heteroatoms. The Morgan fingerprint density at radius 1 is 0.527 bits per heavy atom. The van der Waals surface area contributed by atoms with E-state index in [1.165, 1.54) is 39.0 Å². The molecule has 0 aromatic heterocycles. The lowest BCUT2D eigenvalue weighted by Crippen LogP contribution is -2.65. The van der Waals surface area contributed by atoms with Gasteiger partial charge in [-0.05, 0) is 128 Å². The van der Waals surface area contributed by atoms with Gasteiger partial charge in [0.15, 0.2) is 17.3 Å². The second-order valence-electron chi connectivity index (χ2n) is 19.5. The van der Waals surface area contributed by atoms with Crippen molar-refractivity contribution in [3.05, 3.63) is 54.7 Å². The molecule has 0 amide bonds. The van der Waals surface area contributed by atoms with E-state index in [-0.39, 0.29) is 24.0 Å². The Bertz CT molecular complexity index is 1630. The molecule has 1 aromatic rings. The summed E-state index contributed by atoms with van der Waals surface area (Å²) in [6, 6.07) is 5.21. The molecule has 0 aliphatic heterocycles. The third-order valence-corrected chi connectivity index (χ3v) is 13.8. The molecule has 3 N–H and O–H groups in total. The SMILES string of the molecule is CC(=O)C=CC1(O)C(C)(C)CCCC1(C)COc1cc(OC2(C)CCCC(C)(C)C2(O)C=CC(C)=O)cc(OC2(C)CCCC(C)(C)C2(O)C=CC(C)=O)c1. The Morgan fingerprint density at radius 3 is 1.24 bits per heavy atom. The van der Waals surface area contributed by atoms with Crippen molar-refractivity contribution >= 4 is 17.3 Å². The van der Waals surface area contributed by atoms with Crippen molar-refractivity contribution < 1.29 is 43.9 Å². The molecule has 3 saturated carbocycles. The predicted octanol–water partition coefficient (Wildman–Crippen LogP) is 8.61. The summed E-state index contributed by atoms with van der Waals surface area (Å²) in [4.78, 5) is 36.3. The van der Waals surface area contributed by atoms with Crippen molar-refractivity contribution in [2.24, 2.45) is 21.7 Å². The minimum Gasteiger partial charge on any atom is -0.493 e. The van der Waals surface area contributed by atoms with Crippen LogP contribution in [0.3, 0.4) is 0 Å². The third kappa shape index (κ3) is 8.26. The van der Waals surface area contributed by atoms with E-state index in [0.717, 1.165) is 38.5 Å². The maximum atomic E-state index is 12.4. The summed E-state index contributed by atoms with van der Waals surface area (Å²) in [5.41, 5.74) is -9.37. The van der Waals surface area contributed by atoms with Crippen molar-refractivity contribution in [3.63, 3.8) is 0 Å². The van der Waals surface area contributed by atoms with Gasteiger partial charge in [0, 0.05) is 34.4 Å². The topological polar surface area (TPSA) is 140 Å². The molecular formula is C46H68O9. The van der Waals surface area contributed by atoms with Crippen molar-refractivity contribution in [3.8, 4) is 17.2 Å². The van der Waals surface area contributed by atoms with Crippen LogP contribution in [0.25, 0.3) is 0 Å². The van der Waals surface area contributed by atoms with Crippen LogP contribution in [-0.2, 0) is 14.4 Å². The van der Waals surface area contributed by atoms with E-state index < -0.39 is 49.7 Å². The summed E-state index contributed by atoms with van der Waals surface area (Å²) in [5.74, 6) is 0.568. The Morgan fingerprint density at radius 2 is 0.855 bits per heavy atom. The van der Waals surface area contributed by atoms with Crippen LogP contribution in [0.1, 0.15) is 141 Å². The number of aliphatic hydroxyl groups is 3. The molecule has 9 nitrogen and oxygen atoms in total. The Labute approximate surface area is 329 Å². The first kappa shape index (κ1) is 44.4. The van der Waals surface area contributed by atoms with E-state index in [2.05, 4.69) is 0 Å². The first-order chi connectivity index (χ1) is 25.1. The van der Waals surface area contributed by atoms with Crippen molar-refractivity contribution in [2.75, 3.05) is 6.61 Å². The minimum absolute atomic E-state index is 0.100. The molecule has 55 heavy (non-hydrogen) atoms. The highest BCUT2D eigenvalue weighted by Crippen LogP contribution is 2.56. The Hall–Kier alpha value is -3.27. The molecule has 1 aromatic carbocycles. The predicted molar refractivity (Wildman–Crippen MR) is 215 cm³/mol. The number of carbonyl (C=O) groups is 3. The number of ketones is 3. The van der Waals surface area contributed by atoms with Gasteiger partial charge in [-0.3, -0.25) is 14.4 Å². The fourth-order valence-corrected chi connectivity index (χ4v) is 9.94. The zero-order chi connectivity index (χ0) is 41.5. The smallest absolute Gasteiger partial charge is 0.152 e. The monoisotopic (exact) mass is 764 g/mol. The van der Waals surface area contributed by atoms with Gasteiger partial charge >= 0.3 is 0 Å². The van der Waals surface area contributed by atoms with Crippen LogP contribution in [0, 0.1) is 21.7 Å². The van der Waals surface area contributed by atoms with E-state index in [0.29, 0.717) is 36.5 Å². The van der Waals surface area contributed by atoms with Crippen LogP contribution in [0.2, 0.25) is 0 Å². The molecule has 0 heterocycles. The fourth-order valence-electron chi connectivity index (χ4n) is 9.94. The highest BCUT2D eigenvalue weighted by Gasteiger charge is 2.61. The lowest BCUT2D eigenvalue weighted by molar-refractivity contribution is -0.184. The number of carbonyl (C=O) groups excluding carboxylic acids is 3. The molecule has 0 saturated heterocycles. The van der Waals surface area contributed by atoms with E-state index in [9.17, 15) is 29.7 Å². The maximum Gasteiger partial charge on any atom is 0.152 e. The molecule has 0 radical (unpaired) electrons. The first-order valence-electron chi connectivity index (χ1n) is 20.0. The highest BCUT2D eigenvalue weighted by atomic mass is 16.5. The van der Waals surface area contributed by atoms with Crippen LogP contribution in [-0.4, -0.2) is 67.3 Å². The van der Waals surface area contributed by atoms with Gasteiger partial charge in [-0.1, -0.05) is 54.9 Å². The lowest BCUT2D eigenvalue weighted by Gasteiger charge is -2.56. The highest BCUT2D eigenvalue weighted by molar-refractivity contribution is 5.88. The average Bonchev–Trinajstić information content (AvgIpc) is 3.05. The second kappa shape index (κ2) is 15.2. The van der Waals surface area contributed by atoms with Crippen LogP contribution in [0.15, 0.2) is 54.7 Å². The summed E-state index contributed by atoms with van der Waals surface area (Å²) in [6.07, 6.45) is 15.3. The molecule has 3 fully saturated rings. The standard InChI is InChI=1S/C46H68O9/c1-32(47)16-25-44(50)38(4,5)19-13-22-41(44,10)31-53-35-28-36(54-42(11)23-14-20-39(6,7)45(42,51)26-17-33(2)48)30-37(29-35)55-43(12)24-15-21-40(8,9)46(43,52)27-18-34(3)49/h16-18,25-30,50-52H,13-15,19-24,31H2,1-12H3. The number of allylic oxidation sites excluding steroid dienone is 3. The normalized spacial score (nSPS) is 35.8. The van der Waals surface area contributed by atoms with Gasteiger partial charge in [0.25, 0.3) is 0 Å². The molecule has 3 aliphatic rings. The first-order valence-corrected chi connectivity index (χ1v) is 20.0. The van der Waals surface area contributed by atoms with E-state index in [4.69, 9.17) is 14.2 Å². The van der Waals surface area contributed by atoms with E-state index >= 15 is 0 Å². The largest absolute Gasteiger partial charge is 0.493 e.